The lowest BCUT2D eigenvalue weighted by Crippen LogP contribution is -2.32. The lowest BCUT2D eigenvalue weighted by atomic mass is 9.85. The van der Waals surface area contributed by atoms with Gasteiger partial charge in [-0.3, -0.25) is 4.79 Å². The van der Waals surface area contributed by atoms with E-state index in [0.717, 1.165) is 18.6 Å². The van der Waals surface area contributed by atoms with Crippen LogP contribution in [0.4, 0.5) is 0 Å². The summed E-state index contributed by atoms with van der Waals surface area (Å²) in [5.41, 5.74) is 1.50. The molecule has 0 aromatic heterocycles. The standard InChI is InChI=1S/C16H25NO2/c1-11(2)15-7-6-14(9-12(15)3)19-10-13-5-8-16(18)17(13)4/h6-7,11-13H,5,8-10H2,1-4H3. The van der Waals surface area contributed by atoms with Gasteiger partial charge in [-0.15, -0.1) is 0 Å². The molecule has 2 aliphatic rings. The van der Waals surface area contributed by atoms with Gasteiger partial charge in [0, 0.05) is 19.9 Å². The first-order valence-corrected chi connectivity index (χ1v) is 7.28. The lowest BCUT2D eigenvalue weighted by Gasteiger charge is -2.26. The highest BCUT2D eigenvalue weighted by Gasteiger charge is 2.28. The van der Waals surface area contributed by atoms with Crippen molar-refractivity contribution in [3.05, 3.63) is 23.5 Å². The Labute approximate surface area is 116 Å². The second kappa shape index (κ2) is 5.81. The molecule has 106 valence electrons. The molecule has 1 amide bonds. The number of hydrogen-bond acceptors (Lipinski definition) is 2. The fraction of sp³-hybridized carbons (Fsp3) is 0.688. The number of carbonyl (C=O) groups is 1. The molecule has 2 unspecified atom stereocenters. The Kier molecular flexibility index (Phi) is 4.33. The molecular weight excluding hydrogens is 238 g/mol. The summed E-state index contributed by atoms with van der Waals surface area (Å²) in [6.07, 6.45) is 6.88. The van der Waals surface area contributed by atoms with Gasteiger partial charge in [0.15, 0.2) is 0 Å². The van der Waals surface area contributed by atoms with E-state index in [4.69, 9.17) is 4.74 Å². The SMILES string of the molecule is CC(C)C1=CC=C(OCC2CCC(=O)N2C)CC1C. The first-order chi connectivity index (χ1) is 8.99. The fourth-order valence-electron chi connectivity index (χ4n) is 2.97. The largest absolute Gasteiger partial charge is 0.496 e. The summed E-state index contributed by atoms with van der Waals surface area (Å²) in [4.78, 5) is 13.3. The second-order valence-corrected chi connectivity index (χ2v) is 6.07. The van der Waals surface area contributed by atoms with Gasteiger partial charge in [-0.1, -0.05) is 32.4 Å². The number of hydrogen-bond donors (Lipinski definition) is 0. The van der Waals surface area contributed by atoms with E-state index in [1.165, 1.54) is 5.57 Å². The lowest BCUT2D eigenvalue weighted by molar-refractivity contribution is -0.128. The molecule has 0 spiro atoms. The fourth-order valence-corrected chi connectivity index (χ4v) is 2.97. The Balaban J connectivity index is 1.89. The van der Waals surface area contributed by atoms with Gasteiger partial charge in [-0.25, -0.2) is 0 Å². The van der Waals surface area contributed by atoms with Crippen LogP contribution in [0.2, 0.25) is 0 Å². The molecule has 0 aromatic rings. The molecule has 0 bridgehead atoms. The van der Waals surface area contributed by atoms with E-state index in [9.17, 15) is 4.79 Å². The Morgan fingerprint density at radius 2 is 2.16 bits per heavy atom. The predicted molar refractivity (Wildman–Crippen MR) is 76.5 cm³/mol. The number of likely N-dealkylation sites (tertiary alicyclic amines) is 1. The molecule has 0 saturated carbocycles. The maximum absolute atomic E-state index is 11.5. The minimum absolute atomic E-state index is 0.238. The zero-order valence-electron chi connectivity index (χ0n) is 12.5. The normalized spacial score (nSPS) is 27.6. The van der Waals surface area contributed by atoms with Crippen molar-refractivity contribution >= 4 is 5.91 Å². The van der Waals surface area contributed by atoms with Gasteiger partial charge < -0.3 is 9.64 Å². The second-order valence-electron chi connectivity index (χ2n) is 6.07. The highest BCUT2D eigenvalue weighted by atomic mass is 16.5. The van der Waals surface area contributed by atoms with Crippen LogP contribution in [0.15, 0.2) is 23.5 Å². The van der Waals surface area contributed by atoms with E-state index in [1.54, 1.807) is 0 Å². The summed E-state index contributed by atoms with van der Waals surface area (Å²) >= 11 is 0. The van der Waals surface area contributed by atoms with Crippen LogP contribution in [0.25, 0.3) is 0 Å². The quantitative estimate of drug-likeness (QED) is 0.780. The summed E-state index contributed by atoms with van der Waals surface area (Å²) in [6.45, 7) is 7.36. The maximum atomic E-state index is 11.5. The van der Waals surface area contributed by atoms with Crippen LogP contribution in [0.1, 0.15) is 40.0 Å². The van der Waals surface area contributed by atoms with Crippen LogP contribution in [0, 0.1) is 11.8 Å². The minimum atomic E-state index is 0.238. The van der Waals surface area contributed by atoms with E-state index in [2.05, 4.69) is 32.9 Å². The highest BCUT2D eigenvalue weighted by molar-refractivity contribution is 5.78. The van der Waals surface area contributed by atoms with Gasteiger partial charge in [0.2, 0.25) is 5.91 Å². The molecule has 1 heterocycles. The molecule has 3 heteroatoms. The van der Waals surface area contributed by atoms with E-state index in [0.29, 0.717) is 24.9 Å². The summed E-state index contributed by atoms with van der Waals surface area (Å²) < 4.78 is 5.91. The monoisotopic (exact) mass is 263 g/mol. The van der Waals surface area contributed by atoms with Crippen LogP contribution in [-0.2, 0) is 9.53 Å². The maximum Gasteiger partial charge on any atom is 0.222 e. The molecule has 0 radical (unpaired) electrons. The number of ether oxygens (including phenoxy) is 1. The molecule has 0 aromatic carbocycles. The third-order valence-electron chi connectivity index (χ3n) is 4.30. The van der Waals surface area contributed by atoms with Crippen molar-refractivity contribution in [3.63, 3.8) is 0 Å². The van der Waals surface area contributed by atoms with Crippen molar-refractivity contribution in [2.45, 2.75) is 46.1 Å². The summed E-state index contributed by atoms with van der Waals surface area (Å²) in [7, 11) is 1.87. The number of nitrogens with zero attached hydrogens (tertiary/aromatic N) is 1. The zero-order chi connectivity index (χ0) is 14.0. The summed E-state index contributed by atoms with van der Waals surface area (Å²) in [6, 6.07) is 0.249. The average Bonchev–Trinajstić information content (AvgIpc) is 2.67. The van der Waals surface area contributed by atoms with Gasteiger partial charge in [0.1, 0.15) is 6.61 Å². The smallest absolute Gasteiger partial charge is 0.222 e. The van der Waals surface area contributed by atoms with E-state index in [-0.39, 0.29) is 11.9 Å². The van der Waals surface area contributed by atoms with Gasteiger partial charge in [-0.05, 0) is 24.3 Å². The van der Waals surface area contributed by atoms with Crippen molar-refractivity contribution in [1.29, 1.82) is 0 Å². The first kappa shape index (κ1) is 14.2. The van der Waals surface area contributed by atoms with Crippen LogP contribution >= 0.6 is 0 Å². The van der Waals surface area contributed by atoms with Gasteiger partial charge in [0.05, 0.1) is 11.8 Å². The molecule has 3 nitrogen and oxygen atoms in total. The third-order valence-corrected chi connectivity index (χ3v) is 4.30. The van der Waals surface area contributed by atoms with Crippen molar-refractivity contribution in [2.75, 3.05) is 13.7 Å². The Hall–Kier alpha value is -1.25. The number of allylic oxidation sites excluding steroid dienone is 4. The summed E-state index contributed by atoms with van der Waals surface area (Å²) in [5.74, 6) is 2.46. The summed E-state index contributed by atoms with van der Waals surface area (Å²) in [5, 5.41) is 0. The molecule has 0 N–H and O–H groups in total. The highest BCUT2D eigenvalue weighted by Crippen LogP contribution is 2.30. The van der Waals surface area contributed by atoms with Crippen LogP contribution in [-0.4, -0.2) is 30.5 Å². The third kappa shape index (κ3) is 3.20. The van der Waals surface area contributed by atoms with Gasteiger partial charge in [0.25, 0.3) is 0 Å². The number of rotatable bonds is 4. The number of carbonyl (C=O) groups excluding carboxylic acids is 1. The molecule has 1 fully saturated rings. The Morgan fingerprint density at radius 3 is 2.68 bits per heavy atom. The number of likely N-dealkylation sites (N-methyl/N-ethyl adjacent to an activating group) is 1. The molecule has 1 aliphatic heterocycles. The van der Waals surface area contributed by atoms with Crippen molar-refractivity contribution in [2.24, 2.45) is 11.8 Å². The van der Waals surface area contributed by atoms with Crippen LogP contribution < -0.4 is 0 Å². The van der Waals surface area contributed by atoms with Crippen molar-refractivity contribution < 1.29 is 9.53 Å². The van der Waals surface area contributed by atoms with E-state index < -0.39 is 0 Å². The molecular formula is C16H25NO2. The van der Waals surface area contributed by atoms with Crippen molar-refractivity contribution in [3.8, 4) is 0 Å². The van der Waals surface area contributed by atoms with Crippen molar-refractivity contribution in [1.82, 2.24) is 4.90 Å². The van der Waals surface area contributed by atoms with E-state index >= 15 is 0 Å². The zero-order valence-corrected chi connectivity index (χ0v) is 12.5. The molecule has 19 heavy (non-hydrogen) atoms. The van der Waals surface area contributed by atoms with E-state index in [1.807, 2.05) is 11.9 Å². The van der Waals surface area contributed by atoms with Gasteiger partial charge >= 0.3 is 0 Å². The Morgan fingerprint density at radius 1 is 1.42 bits per heavy atom. The minimum Gasteiger partial charge on any atom is -0.496 e. The molecule has 2 atom stereocenters. The average molecular weight is 263 g/mol. The van der Waals surface area contributed by atoms with Crippen LogP contribution in [0.3, 0.4) is 0 Å². The number of amides is 1. The van der Waals surface area contributed by atoms with Crippen LogP contribution in [0.5, 0.6) is 0 Å². The Bertz CT molecular complexity index is 409. The first-order valence-electron chi connectivity index (χ1n) is 7.28. The molecule has 1 aliphatic carbocycles. The van der Waals surface area contributed by atoms with Gasteiger partial charge in [-0.2, -0.15) is 0 Å². The molecule has 2 rings (SSSR count). The topological polar surface area (TPSA) is 29.5 Å². The predicted octanol–water partition coefficient (Wildman–Crippen LogP) is 3.13. The molecule has 1 saturated heterocycles.